The normalized spacial score (nSPS) is 14.6. The van der Waals surface area contributed by atoms with Crippen LogP contribution >= 0.6 is 12.2 Å². The second kappa shape index (κ2) is 6.73. The van der Waals surface area contributed by atoms with Gasteiger partial charge >= 0.3 is 0 Å². The highest BCUT2D eigenvalue weighted by Gasteiger charge is 2.17. The number of hydrogen-bond donors (Lipinski definition) is 2. The Balaban J connectivity index is 2.12. The number of anilines is 1. The lowest BCUT2D eigenvalue weighted by Gasteiger charge is -2.21. The Morgan fingerprint density at radius 2 is 2.32 bits per heavy atom. The third-order valence-corrected chi connectivity index (χ3v) is 3.46. The second-order valence-electron chi connectivity index (χ2n) is 4.56. The van der Waals surface area contributed by atoms with Crippen molar-refractivity contribution in [1.82, 2.24) is 4.90 Å². The maximum Gasteiger partial charge on any atom is 0.173 e. The zero-order valence-electron chi connectivity index (χ0n) is 11.2. The van der Waals surface area contributed by atoms with Crippen molar-refractivity contribution in [3.05, 3.63) is 23.8 Å². The van der Waals surface area contributed by atoms with Gasteiger partial charge in [0.05, 0.1) is 13.2 Å². The fourth-order valence-corrected chi connectivity index (χ4v) is 2.39. The Bertz CT molecular complexity index is 451. The number of nitrogens with one attached hydrogen (secondary N) is 1. The topological polar surface area (TPSA) is 44.7 Å². The number of benzene rings is 1. The number of fused-ring (bicyclic) bond motifs is 1. The largest absolute Gasteiger partial charge is 0.494 e. The molecule has 0 atom stereocenters. The molecule has 2 N–H and O–H groups in total. The molecule has 2 rings (SSSR count). The standard InChI is InChI=1S/C14H20N2O2S/c1-2-9-18-12-3-4-13-11(10-12)5-6-16(7-8-17)14(19)15-13/h3-4,10,17H,2,5-9H2,1H3,(H,15,19). The number of hydrogen-bond acceptors (Lipinski definition) is 3. The molecule has 0 saturated carbocycles. The minimum absolute atomic E-state index is 0.114. The summed E-state index contributed by atoms with van der Waals surface area (Å²) in [5, 5.41) is 12.9. The summed E-state index contributed by atoms with van der Waals surface area (Å²) >= 11 is 5.33. The van der Waals surface area contributed by atoms with Crippen molar-refractivity contribution in [2.45, 2.75) is 19.8 Å². The van der Waals surface area contributed by atoms with Gasteiger partial charge in [0.2, 0.25) is 0 Å². The average Bonchev–Trinajstić information content (AvgIpc) is 2.57. The molecule has 0 fully saturated rings. The van der Waals surface area contributed by atoms with Crippen LogP contribution < -0.4 is 10.1 Å². The van der Waals surface area contributed by atoms with Crippen molar-refractivity contribution < 1.29 is 9.84 Å². The summed E-state index contributed by atoms with van der Waals surface area (Å²) in [6.07, 6.45) is 1.90. The van der Waals surface area contributed by atoms with Crippen molar-refractivity contribution in [2.75, 3.05) is 31.6 Å². The van der Waals surface area contributed by atoms with Gasteiger partial charge in [-0.2, -0.15) is 0 Å². The molecule has 0 saturated heterocycles. The first-order valence-electron chi connectivity index (χ1n) is 6.67. The van der Waals surface area contributed by atoms with E-state index >= 15 is 0 Å². The number of β-amino-alcohol motifs (C(OH)–C–C–N with tert-alkyl or cyclic N) is 1. The Hall–Kier alpha value is -1.33. The summed E-state index contributed by atoms with van der Waals surface area (Å²) < 4.78 is 5.65. The van der Waals surface area contributed by atoms with Crippen LogP contribution in [0, 0.1) is 0 Å². The van der Waals surface area contributed by atoms with Gasteiger partial charge in [-0.05, 0) is 48.8 Å². The molecular formula is C14H20N2O2S. The van der Waals surface area contributed by atoms with E-state index < -0.39 is 0 Å². The second-order valence-corrected chi connectivity index (χ2v) is 4.94. The van der Waals surface area contributed by atoms with Gasteiger partial charge in [0.25, 0.3) is 0 Å². The first-order valence-corrected chi connectivity index (χ1v) is 7.08. The van der Waals surface area contributed by atoms with Crippen LogP contribution in [-0.4, -0.2) is 41.4 Å². The van der Waals surface area contributed by atoms with Crippen LogP contribution in [0.1, 0.15) is 18.9 Å². The van der Waals surface area contributed by atoms with Crippen LogP contribution in [0.25, 0.3) is 0 Å². The molecule has 0 radical (unpaired) electrons. The van der Waals surface area contributed by atoms with E-state index in [1.165, 1.54) is 5.56 Å². The van der Waals surface area contributed by atoms with E-state index in [1.54, 1.807) is 0 Å². The van der Waals surface area contributed by atoms with Crippen LogP contribution in [0.5, 0.6) is 5.75 Å². The molecular weight excluding hydrogens is 260 g/mol. The molecule has 0 unspecified atom stereocenters. The molecule has 0 amide bonds. The van der Waals surface area contributed by atoms with Crippen molar-refractivity contribution >= 4 is 23.0 Å². The van der Waals surface area contributed by atoms with Gasteiger partial charge in [-0.1, -0.05) is 6.92 Å². The average molecular weight is 280 g/mol. The Morgan fingerprint density at radius 1 is 1.47 bits per heavy atom. The summed E-state index contributed by atoms with van der Waals surface area (Å²) in [5.74, 6) is 0.906. The molecule has 0 bridgehead atoms. The van der Waals surface area contributed by atoms with Crippen molar-refractivity contribution in [1.29, 1.82) is 0 Å². The monoisotopic (exact) mass is 280 g/mol. The molecule has 0 spiro atoms. The van der Waals surface area contributed by atoms with E-state index in [4.69, 9.17) is 22.1 Å². The third kappa shape index (κ3) is 3.58. The number of rotatable bonds is 5. The molecule has 1 heterocycles. The lowest BCUT2D eigenvalue weighted by atomic mass is 10.1. The lowest BCUT2D eigenvalue weighted by molar-refractivity contribution is 0.252. The van der Waals surface area contributed by atoms with E-state index in [2.05, 4.69) is 18.3 Å². The quantitative estimate of drug-likeness (QED) is 0.808. The van der Waals surface area contributed by atoms with Gasteiger partial charge in [-0.3, -0.25) is 0 Å². The molecule has 0 aliphatic carbocycles. The first kappa shape index (κ1) is 14.1. The molecule has 19 heavy (non-hydrogen) atoms. The highest BCUT2D eigenvalue weighted by molar-refractivity contribution is 7.80. The molecule has 4 nitrogen and oxygen atoms in total. The maximum atomic E-state index is 9.04. The molecule has 1 aromatic carbocycles. The van der Waals surface area contributed by atoms with E-state index in [1.807, 2.05) is 17.0 Å². The van der Waals surface area contributed by atoms with Crippen molar-refractivity contribution in [3.63, 3.8) is 0 Å². The Morgan fingerprint density at radius 3 is 3.05 bits per heavy atom. The fraction of sp³-hybridized carbons (Fsp3) is 0.500. The molecule has 1 aromatic rings. The van der Waals surface area contributed by atoms with Crippen LogP contribution in [-0.2, 0) is 6.42 Å². The van der Waals surface area contributed by atoms with Gasteiger partial charge in [0, 0.05) is 18.8 Å². The van der Waals surface area contributed by atoms with Crippen molar-refractivity contribution in [3.8, 4) is 5.75 Å². The Labute approximate surface area is 119 Å². The summed E-state index contributed by atoms with van der Waals surface area (Å²) in [6.45, 7) is 4.33. The smallest absolute Gasteiger partial charge is 0.173 e. The zero-order valence-corrected chi connectivity index (χ0v) is 12.0. The number of aliphatic hydroxyl groups is 1. The highest BCUT2D eigenvalue weighted by Crippen LogP contribution is 2.25. The molecule has 5 heteroatoms. The van der Waals surface area contributed by atoms with E-state index in [9.17, 15) is 0 Å². The molecule has 1 aliphatic heterocycles. The minimum Gasteiger partial charge on any atom is -0.494 e. The van der Waals surface area contributed by atoms with E-state index in [0.29, 0.717) is 11.7 Å². The number of ether oxygens (including phenoxy) is 1. The van der Waals surface area contributed by atoms with Gasteiger partial charge in [-0.15, -0.1) is 0 Å². The number of aliphatic hydroxyl groups excluding tert-OH is 1. The van der Waals surface area contributed by atoms with Crippen LogP contribution in [0.3, 0.4) is 0 Å². The lowest BCUT2D eigenvalue weighted by Crippen LogP contribution is -2.36. The predicted octanol–water partition coefficient (Wildman–Crippen LogP) is 2.02. The van der Waals surface area contributed by atoms with Gasteiger partial charge < -0.3 is 20.1 Å². The summed E-state index contributed by atoms with van der Waals surface area (Å²) in [4.78, 5) is 1.99. The third-order valence-electron chi connectivity index (χ3n) is 3.10. The first-order chi connectivity index (χ1) is 9.24. The van der Waals surface area contributed by atoms with Gasteiger partial charge in [-0.25, -0.2) is 0 Å². The van der Waals surface area contributed by atoms with Crippen LogP contribution in [0.2, 0.25) is 0 Å². The zero-order chi connectivity index (χ0) is 13.7. The molecule has 104 valence electrons. The van der Waals surface area contributed by atoms with Crippen LogP contribution in [0.15, 0.2) is 18.2 Å². The van der Waals surface area contributed by atoms with Crippen LogP contribution in [0.4, 0.5) is 5.69 Å². The fourth-order valence-electron chi connectivity index (χ4n) is 2.09. The van der Waals surface area contributed by atoms with Gasteiger partial charge in [0.1, 0.15) is 5.75 Å². The minimum atomic E-state index is 0.114. The molecule has 1 aliphatic rings. The molecule has 0 aromatic heterocycles. The highest BCUT2D eigenvalue weighted by atomic mass is 32.1. The number of thiocarbonyl (C=S) groups is 1. The van der Waals surface area contributed by atoms with Crippen molar-refractivity contribution in [2.24, 2.45) is 0 Å². The SMILES string of the molecule is CCCOc1ccc2c(c1)CCN(CCO)C(=S)N2. The Kier molecular flexibility index (Phi) is 4.99. The van der Waals surface area contributed by atoms with E-state index in [-0.39, 0.29) is 6.61 Å². The van der Waals surface area contributed by atoms with E-state index in [0.717, 1.165) is 37.4 Å². The summed E-state index contributed by atoms with van der Waals surface area (Å²) in [7, 11) is 0. The number of nitrogens with zero attached hydrogens (tertiary/aromatic N) is 1. The maximum absolute atomic E-state index is 9.04. The summed E-state index contributed by atoms with van der Waals surface area (Å²) in [5.41, 5.74) is 2.24. The predicted molar refractivity (Wildman–Crippen MR) is 80.8 cm³/mol. The summed E-state index contributed by atoms with van der Waals surface area (Å²) in [6, 6.07) is 6.05. The van der Waals surface area contributed by atoms with Gasteiger partial charge in [0.15, 0.2) is 5.11 Å².